The summed E-state index contributed by atoms with van der Waals surface area (Å²) in [4.78, 5) is 6.84. The van der Waals surface area contributed by atoms with E-state index < -0.39 is 0 Å². The lowest BCUT2D eigenvalue weighted by Gasteiger charge is -2.19. The molecule has 0 radical (unpaired) electrons. The minimum Gasteiger partial charge on any atom is -0.396 e. The third kappa shape index (κ3) is 12.5. The van der Waals surface area contributed by atoms with Gasteiger partial charge >= 0.3 is 0 Å². The number of unbranched alkanes of at least 4 members (excludes halogenated alkanes) is 12. The molecule has 0 aromatic rings. The summed E-state index contributed by atoms with van der Waals surface area (Å²) in [6.45, 7) is 5.60. The molecule has 1 heterocycles. The highest BCUT2D eigenvalue weighted by atomic mass is 16.3. The lowest BCUT2D eigenvalue weighted by atomic mass is 10.1. The van der Waals surface area contributed by atoms with Crippen LogP contribution in [-0.2, 0) is 0 Å². The zero-order valence-electron chi connectivity index (χ0n) is 17.4. The van der Waals surface area contributed by atoms with E-state index in [0.717, 1.165) is 31.9 Å². The maximum absolute atomic E-state index is 9.04. The maximum Gasteiger partial charge on any atom is 0.101 e. The highest BCUT2D eigenvalue weighted by Crippen LogP contribution is 2.11. The second kappa shape index (κ2) is 17.6. The van der Waals surface area contributed by atoms with E-state index in [9.17, 15) is 0 Å². The summed E-state index contributed by atoms with van der Waals surface area (Å²) in [5.74, 6) is 1.13. The Hall–Kier alpha value is -0.830. The van der Waals surface area contributed by atoms with Crippen molar-refractivity contribution in [1.82, 2.24) is 4.90 Å². The van der Waals surface area contributed by atoms with Gasteiger partial charge in [-0.1, -0.05) is 76.9 Å². The Morgan fingerprint density at radius 2 is 1.42 bits per heavy atom. The first-order valence-corrected chi connectivity index (χ1v) is 11.4. The lowest BCUT2D eigenvalue weighted by Crippen LogP contribution is -2.29. The fourth-order valence-corrected chi connectivity index (χ4v) is 3.66. The maximum atomic E-state index is 9.04. The normalized spacial score (nSPS) is 14.5. The van der Waals surface area contributed by atoms with Crippen LogP contribution >= 0.6 is 0 Å². The van der Waals surface area contributed by atoms with Gasteiger partial charge in [-0.2, -0.15) is 0 Å². The molecule has 1 aliphatic rings. The monoisotopic (exact) mass is 364 g/mol. The van der Waals surface area contributed by atoms with Crippen molar-refractivity contribution in [2.75, 3.05) is 26.2 Å². The molecule has 0 aromatic carbocycles. The summed E-state index contributed by atoms with van der Waals surface area (Å²) in [5.41, 5.74) is 0. The third-order valence-corrected chi connectivity index (χ3v) is 5.30. The molecule has 0 saturated carbocycles. The summed E-state index contributed by atoms with van der Waals surface area (Å²) in [6.07, 6.45) is 24.6. The summed E-state index contributed by atoms with van der Waals surface area (Å²) < 4.78 is 0. The molecule has 0 fully saturated rings. The Morgan fingerprint density at radius 3 is 2.04 bits per heavy atom. The van der Waals surface area contributed by atoms with E-state index >= 15 is 0 Å². The van der Waals surface area contributed by atoms with Crippen molar-refractivity contribution < 1.29 is 5.11 Å². The molecule has 1 rings (SSSR count). The van der Waals surface area contributed by atoms with Crippen molar-refractivity contribution in [3.63, 3.8) is 0 Å². The highest BCUT2D eigenvalue weighted by Gasteiger charge is 2.14. The number of aliphatic hydroxyl groups excluding tert-OH is 1. The van der Waals surface area contributed by atoms with Crippen molar-refractivity contribution in [3.05, 3.63) is 12.2 Å². The quantitative estimate of drug-likeness (QED) is 0.235. The van der Waals surface area contributed by atoms with Crippen LogP contribution in [0.25, 0.3) is 0 Å². The second-order valence-corrected chi connectivity index (χ2v) is 7.70. The molecule has 0 amide bonds. The van der Waals surface area contributed by atoms with Crippen molar-refractivity contribution in [3.8, 4) is 0 Å². The molecular weight excluding hydrogens is 320 g/mol. The molecular formula is C23H44N2O. The molecule has 0 saturated heterocycles. The van der Waals surface area contributed by atoms with Crippen molar-refractivity contribution in [2.24, 2.45) is 4.99 Å². The highest BCUT2D eigenvalue weighted by molar-refractivity contribution is 5.83. The van der Waals surface area contributed by atoms with Crippen LogP contribution in [0, 0.1) is 0 Å². The van der Waals surface area contributed by atoms with E-state index in [1.54, 1.807) is 0 Å². The molecule has 3 nitrogen and oxygen atoms in total. The van der Waals surface area contributed by atoms with Crippen LogP contribution in [0.2, 0.25) is 0 Å². The summed E-state index contributed by atoms with van der Waals surface area (Å²) in [6, 6.07) is 0. The van der Waals surface area contributed by atoms with Crippen LogP contribution < -0.4 is 0 Å². The predicted molar refractivity (Wildman–Crippen MR) is 115 cm³/mol. The van der Waals surface area contributed by atoms with Gasteiger partial charge < -0.3 is 10.0 Å². The number of amidine groups is 1. The standard InChI is InChI=1S/C23H44N2O/c1-2-3-4-5-6-7-8-9-10-11-12-13-14-15-16-17-20-25-21-19-24-23(25)18-22-26/h9-10,26H,2-8,11-22H2,1H3. The Kier molecular flexibility index (Phi) is 15.7. The molecule has 1 aliphatic heterocycles. The number of aliphatic hydroxyl groups is 1. The molecule has 3 heteroatoms. The van der Waals surface area contributed by atoms with Crippen molar-refractivity contribution in [1.29, 1.82) is 0 Å². The van der Waals surface area contributed by atoms with E-state index in [4.69, 9.17) is 5.11 Å². The first kappa shape index (κ1) is 23.2. The minimum atomic E-state index is 0.225. The molecule has 26 heavy (non-hydrogen) atoms. The molecule has 0 unspecified atom stereocenters. The first-order valence-electron chi connectivity index (χ1n) is 11.4. The topological polar surface area (TPSA) is 35.8 Å². The Labute approximate surface area is 163 Å². The Morgan fingerprint density at radius 1 is 0.846 bits per heavy atom. The van der Waals surface area contributed by atoms with Gasteiger partial charge in [0.25, 0.3) is 0 Å². The van der Waals surface area contributed by atoms with Gasteiger partial charge in [0.05, 0.1) is 13.2 Å². The van der Waals surface area contributed by atoms with Gasteiger partial charge in [-0.3, -0.25) is 4.99 Å². The van der Waals surface area contributed by atoms with Gasteiger partial charge in [0, 0.05) is 19.5 Å². The molecule has 1 N–H and O–H groups in total. The Bertz CT molecular complexity index is 365. The summed E-state index contributed by atoms with van der Waals surface area (Å²) >= 11 is 0. The lowest BCUT2D eigenvalue weighted by molar-refractivity contribution is 0.300. The second-order valence-electron chi connectivity index (χ2n) is 7.70. The van der Waals surface area contributed by atoms with Gasteiger partial charge in [0.1, 0.15) is 5.84 Å². The zero-order chi connectivity index (χ0) is 18.7. The predicted octanol–water partition coefficient (Wildman–Crippen LogP) is 6.12. The summed E-state index contributed by atoms with van der Waals surface area (Å²) in [5, 5.41) is 9.04. The Balaban J connectivity index is 1.79. The SMILES string of the molecule is CCCCCCCCC=CCCCCCCCCN1CCN=C1CCO. The fourth-order valence-electron chi connectivity index (χ4n) is 3.66. The van der Waals surface area contributed by atoms with E-state index in [-0.39, 0.29) is 6.61 Å². The van der Waals surface area contributed by atoms with E-state index in [2.05, 4.69) is 29.0 Å². The zero-order valence-corrected chi connectivity index (χ0v) is 17.4. The number of hydrogen-bond donors (Lipinski definition) is 1. The summed E-state index contributed by atoms with van der Waals surface area (Å²) in [7, 11) is 0. The van der Waals surface area contributed by atoms with E-state index in [0.29, 0.717) is 0 Å². The van der Waals surface area contributed by atoms with Crippen LogP contribution in [0.1, 0.15) is 103 Å². The average molecular weight is 365 g/mol. The average Bonchev–Trinajstić information content (AvgIpc) is 3.09. The minimum absolute atomic E-state index is 0.225. The van der Waals surface area contributed by atoms with Gasteiger partial charge in [-0.15, -0.1) is 0 Å². The van der Waals surface area contributed by atoms with Crippen LogP contribution in [0.15, 0.2) is 17.1 Å². The molecule has 0 atom stereocenters. The van der Waals surface area contributed by atoms with Crippen LogP contribution in [0.4, 0.5) is 0 Å². The molecule has 152 valence electrons. The molecule has 0 aromatic heterocycles. The number of aliphatic imine (C=N–C) groups is 1. The fraction of sp³-hybridized carbons (Fsp3) is 0.870. The third-order valence-electron chi connectivity index (χ3n) is 5.30. The molecule has 0 aliphatic carbocycles. The van der Waals surface area contributed by atoms with Crippen LogP contribution in [0.5, 0.6) is 0 Å². The number of nitrogens with zero attached hydrogens (tertiary/aromatic N) is 2. The van der Waals surface area contributed by atoms with Crippen molar-refractivity contribution >= 4 is 5.84 Å². The van der Waals surface area contributed by atoms with Crippen LogP contribution in [-0.4, -0.2) is 42.1 Å². The number of rotatable bonds is 18. The largest absolute Gasteiger partial charge is 0.396 e. The molecule has 0 bridgehead atoms. The first-order chi connectivity index (χ1) is 12.9. The molecule has 0 spiro atoms. The van der Waals surface area contributed by atoms with E-state index in [1.807, 2.05) is 0 Å². The van der Waals surface area contributed by atoms with Gasteiger partial charge in [0.15, 0.2) is 0 Å². The van der Waals surface area contributed by atoms with Gasteiger partial charge in [-0.05, 0) is 32.1 Å². The van der Waals surface area contributed by atoms with Gasteiger partial charge in [0.2, 0.25) is 0 Å². The van der Waals surface area contributed by atoms with Gasteiger partial charge in [-0.25, -0.2) is 0 Å². The number of allylic oxidation sites excluding steroid dienone is 2. The van der Waals surface area contributed by atoms with E-state index in [1.165, 1.54) is 89.9 Å². The number of hydrogen-bond acceptors (Lipinski definition) is 3. The van der Waals surface area contributed by atoms with Crippen LogP contribution in [0.3, 0.4) is 0 Å². The smallest absolute Gasteiger partial charge is 0.101 e. The van der Waals surface area contributed by atoms with Crippen molar-refractivity contribution in [2.45, 2.75) is 103 Å².